The van der Waals surface area contributed by atoms with Crippen LogP contribution in [0.2, 0.25) is 0 Å². The summed E-state index contributed by atoms with van der Waals surface area (Å²) in [4.78, 5) is 15.9. The summed E-state index contributed by atoms with van der Waals surface area (Å²) in [6.45, 7) is 8.08. The van der Waals surface area contributed by atoms with E-state index in [9.17, 15) is 4.79 Å². The van der Waals surface area contributed by atoms with Gasteiger partial charge in [-0.2, -0.15) is 0 Å². The molecule has 0 bridgehead atoms. The van der Waals surface area contributed by atoms with Gasteiger partial charge in [0.05, 0.1) is 22.5 Å². The van der Waals surface area contributed by atoms with E-state index >= 15 is 0 Å². The van der Waals surface area contributed by atoms with Gasteiger partial charge in [-0.15, -0.1) is 11.8 Å². The number of esters is 1. The third-order valence-corrected chi connectivity index (χ3v) is 6.78. The van der Waals surface area contributed by atoms with Crippen LogP contribution in [0.5, 0.6) is 0 Å². The molecule has 31 heavy (non-hydrogen) atoms. The highest BCUT2D eigenvalue weighted by Gasteiger charge is 2.36. The summed E-state index contributed by atoms with van der Waals surface area (Å²) in [6, 6.07) is 20.3. The molecule has 0 aromatic heterocycles. The van der Waals surface area contributed by atoms with E-state index in [4.69, 9.17) is 14.2 Å². The quantitative estimate of drug-likeness (QED) is 0.331. The van der Waals surface area contributed by atoms with E-state index in [1.165, 1.54) is 0 Å². The van der Waals surface area contributed by atoms with Crippen molar-refractivity contribution in [1.82, 2.24) is 0 Å². The van der Waals surface area contributed by atoms with Crippen molar-refractivity contribution >= 4 is 29.5 Å². The molecule has 3 rings (SSSR count). The zero-order valence-corrected chi connectivity index (χ0v) is 20.1. The molecule has 0 spiro atoms. The van der Waals surface area contributed by atoms with E-state index in [-0.39, 0.29) is 5.97 Å². The first-order valence-electron chi connectivity index (χ1n) is 10.5. The lowest BCUT2D eigenvalue weighted by Crippen LogP contribution is -2.36. The third kappa shape index (κ3) is 7.06. The summed E-state index contributed by atoms with van der Waals surface area (Å²) in [5.41, 5.74) is -0.582. The number of carbonyl (C=O) groups is 1. The second-order valence-electron chi connectivity index (χ2n) is 8.19. The predicted octanol–water partition coefficient (Wildman–Crippen LogP) is 6.52. The van der Waals surface area contributed by atoms with E-state index in [1.54, 1.807) is 23.5 Å². The van der Waals surface area contributed by atoms with Gasteiger partial charge in [0.25, 0.3) is 0 Å². The van der Waals surface area contributed by atoms with Gasteiger partial charge >= 0.3 is 5.97 Å². The minimum Gasteiger partial charge on any atom is -0.467 e. The second-order valence-corrected chi connectivity index (χ2v) is 10.4. The molecule has 1 aliphatic heterocycles. The van der Waals surface area contributed by atoms with E-state index in [0.717, 1.165) is 20.5 Å². The van der Waals surface area contributed by atoms with Gasteiger partial charge in [0.1, 0.15) is 11.9 Å². The van der Waals surface area contributed by atoms with Gasteiger partial charge in [0, 0.05) is 16.4 Å². The monoisotopic (exact) mass is 458 g/mol. The van der Waals surface area contributed by atoms with Crippen LogP contribution in [0.1, 0.15) is 34.1 Å². The van der Waals surface area contributed by atoms with Crippen LogP contribution in [0.25, 0.3) is 0 Å². The fourth-order valence-corrected chi connectivity index (χ4v) is 4.95. The Kier molecular flexibility index (Phi) is 8.52. The maximum absolute atomic E-state index is 12.7. The SMILES string of the molecule is CCO[C@@H]1C[C@@H](OC(=O)C(C)(C)C)C(Sc2ccccc2)=C(CSc2ccccc2)O1. The van der Waals surface area contributed by atoms with Crippen molar-refractivity contribution in [3.8, 4) is 0 Å². The number of rotatable bonds is 8. The lowest BCUT2D eigenvalue weighted by molar-refractivity contribution is -0.170. The van der Waals surface area contributed by atoms with Gasteiger partial charge in [-0.05, 0) is 52.0 Å². The smallest absolute Gasteiger partial charge is 0.311 e. The number of hydrogen-bond acceptors (Lipinski definition) is 6. The Morgan fingerprint density at radius 2 is 1.65 bits per heavy atom. The molecule has 1 heterocycles. The van der Waals surface area contributed by atoms with Gasteiger partial charge < -0.3 is 14.2 Å². The molecule has 0 unspecified atom stereocenters. The van der Waals surface area contributed by atoms with Gasteiger partial charge in [-0.1, -0.05) is 48.2 Å². The summed E-state index contributed by atoms with van der Waals surface area (Å²) in [5.74, 6) is 1.21. The molecule has 0 saturated heterocycles. The highest BCUT2D eigenvalue weighted by Crippen LogP contribution is 2.41. The van der Waals surface area contributed by atoms with Crippen LogP contribution >= 0.6 is 23.5 Å². The van der Waals surface area contributed by atoms with Crippen LogP contribution in [-0.2, 0) is 19.0 Å². The third-order valence-electron chi connectivity index (χ3n) is 4.55. The van der Waals surface area contributed by atoms with Crippen molar-refractivity contribution in [2.45, 2.75) is 56.3 Å². The molecule has 0 amide bonds. The molecule has 4 nitrogen and oxygen atoms in total. The van der Waals surface area contributed by atoms with Crippen molar-refractivity contribution in [1.29, 1.82) is 0 Å². The first-order valence-corrected chi connectivity index (χ1v) is 12.3. The molecule has 166 valence electrons. The molecule has 0 fully saturated rings. The van der Waals surface area contributed by atoms with Gasteiger partial charge in [-0.3, -0.25) is 4.79 Å². The Bertz CT molecular complexity index is 875. The highest BCUT2D eigenvalue weighted by molar-refractivity contribution is 8.03. The van der Waals surface area contributed by atoms with Gasteiger partial charge in [-0.25, -0.2) is 0 Å². The van der Waals surface area contributed by atoms with Gasteiger partial charge in [0.15, 0.2) is 0 Å². The normalized spacial score (nSPS) is 19.1. The van der Waals surface area contributed by atoms with Crippen LogP contribution < -0.4 is 0 Å². The lowest BCUT2D eigenvalue weighted by atomic mass is 9.97. The zero-order chi connectivity index (χ0) is 22.3. The summed E-state index contributed by atoms with van der Waals surface area (Å²) in [6.07, 6.45) is -0.368. The number of hydrogen-bond donors (Lipinski definition) is 0. The van der Waals surface area contributed by atoms with Crippen LogP contribution in [-0.4, -0.2) is 30.7 Å². The van der Waals surface area contributed by atoms with Crippen molar-refractivity contribution in [2.24, 2.45) is 5.41 Å². The summed E-state index contributed by atoms with van der Waals surface area (Å²) in [7, 11) is 0. The Hall–Kier alpha value is -1.89. The molecule has 6 heteroatoms. The van der Waals surface area contributed by atoms with E-state index in [0.29, 0.717) is 18.8 Å². The van der Waals surface area contributed by atoms with E-state index < -0.39 is 17.8 Å². The average Bonchev–Trinajstić information content (AvgIpc) is 2.75. The zero-order valence-electron chi connectivity index (χ0n) is 18.5. The molecular weight excluding hydrogens is 428 g/mol. The van der Waals surface area contributed by atoms with Crippen molar-refractivity contribution in [2.75, 3.05) is 12.4 Å². The summed E-state index contributed by atoms with van der Waals surface area (Å²) < 4.78 is 18.1. The van der Waals surface area contributed by atoms with Crippen LogP contribution in [0.3, 0.4) is 0 Å². The predicted molar refractivity (Wildman–Crippen MR) is 127 cm³/mol. The number of carbonyl (C=O) groups excluding carboxylic acids is 1. The minimum atomic E-state index is -0.582. The largest absolute Gasteiger partial charge is 0.467 e. The Morgan fingerprint density at radius 1 is 1.03 bits per heavy atom. The minimum absolute atomic E-state index is 0.226. The topological polar surface area (TPSA) is 44.8 Å². The first kappa shape index (κ1) is 23.8. The summed E-state index contributed by atoms with van der Waals surface area (Å²) in [5, 5.41) is 0. The van der Waals surface area contributed by atoms with E-state index in [2.05, 4.69) is 24.3 Å². The van der Waals surface area contributed by atoms with Crippen LogP contribution in [0.15, 0.2) is 81.1 Å². The molecular formula is C25H30O4S2. The summed E-state index contributed by atoms with van der Waals surface area (Å²) >= 11 is 3.29. The Labute approximate surface area is 193 Å². The molecule has 0 N–H and O–H groups in total. The second kappa shape index (κ2) is 11.1. The molecule has 0 radical (unpaired) electrons. The van der Waals surface area contributed by atoms with Crippen LogP contribution in [0.4, 0.5) is 0 Å². The number of ether oxygens (including phenoxy) is 3. The highest BCUT2D eigenvalue weighted by atomic mass is 32.2. The van der Waals surface area contributed by atoms with Crippen molar-refractivity contribution < 1.29 is 19.0 Å². The molecule has 0 aliphatic carbocycles. The Balaban J connectivity index is 1.92. The molecule has 2 aromatic rings. The number of benzene rings is 2. The van der Waals surface area contributed by atoms with E-state index in [1.807, 2.05) is 64.1 Å². The standard InChI is InChI=1S/C25H30O4S2/c1-5-27-22-16-20(29-24(26)25(2,3)4)23(31-19-14-10-7-11-15-19)21(28-22)17-30-18-12-8-6-9-13-18/h6-15,20,22H,5,16-17H2,1-4H3/t20-,22+/m1/s1. The van der Waals surface area contributed by atoms with Crippen molar-refractivity contribution in [3.05, 3.63) is 71.3 Å². The van der Waals surface area contributed by atoms with Gasteiger partial charge in [0.2, 0.25) is 6.29 Å². The first-order chi connectivity index (χ1) is 14.9. The maximum atomic E-state index is 12.7. The number of thioether (sulfide) groups is 2. The van der Waals surface area contributed by atoms with Crippen molar-refractivity contribution in [3.63, 3.8) is 0 Å². The average molecular weight is 459 g/mol. The van der Waals surface area contributed by atoms with Crippen LogP contribution in [0, 0.1) is 5.41 Å². The molecule has 2 atom stereocenters. The Morgan fingerprint density at radius 3 is 2.23 bits per heavy atom. The fraction of sp³-hybridized carbons (Fsp3) is 0.400. The fourth-order valence-electron chi connectivity index (χ4n) is 2.93. The molecule has 2 aromatic carbocycles. The maximum Gasteiger partial charge on any atom is 0.311 e. The molecule has 1 aliphatic rings. The molecule has 0 saturated carbocycles. The lowest BCUT2D eigenvalue weighted by Gasteiger charge is -2.34.